The van der Waals surface area contributed by atoms with Gasteiger partial charge in [0.2, 0.25) is 0 Å². The molecule has 0 radical (unpaired) electrons. The van der Waals surface area contributed by atoms with Crippen LogP contribution in [-0.2, 0) is 34.1 Å². The average molecular weight is 548 g/mol. The molecule has 1 aliphatic rings. The maximum absolute atomic E-state index is 14.2. The van der Waals surface area contributed by atoms with Gasteiger partial charge in [0.25, 0.3) is 5.91 Å². The van der Waals surface area contributed by atoms with Crippen LogP contribution < -0.4 is 4.90 Å². The molecule has 1 aromatic heterocycles. The van der Waals surface area contributed by atoms with Crippen LogP contribution in [0.25, 0.3) is 11.0 Å². The molecule has 1 aliphatic heterocycles. The van der Waals surface area contributed by atoms with Gasteiger partial charge in [0.1, 0.15) is 24.1 Å². The summed E-state index contributed by atoms with van der Waals surface area (Å²) in [6, 6.07) is 15.0. The number of hydrogen-bond donors (Lipinski definition) is 0. The van der Waals surface area contributed by atoms with Gasteiger partial charge in [-0.2, -0.15) is 0 Å². The fourth-order valence-electron chi connectivity index (χ4n) is 4.52. The smallest absolute Gasteiger partial charge is 0.337 e. The maximum Gasteiger partial charge on any atom is 0.337 e. The second-order valence-corrected chi connectivity index (χ2v) is 9.57. The van der Waals surface area contributed by atoms with Crippen LogP contribution in [0, 0.1) is 11.6 Å². The van der Waals surface area contributed by atoms with Crippen LogP contribution in [0.15, 0.2) is 65.8 Å². The quantitative estimate of drug-likeness (QED) is 0.231. The van der Waals surface area contributed by atoms with Gasteiger partial charge < -0.3 is 19.0 Å². The highest BCUT2D eigenvalue weighted by molar-refractivity contribution is 6.54. The number of carbonyl (C=O) groups is 2. The molecule has 5 rings (SSSR count). The first-order valence-electron chi connectivity index (χ1n) is 12.5. The standard InChI is InChI=1S/C29H27F2N5O4/c1-34(2)12-13-35-25-11-9-21(31)15-23(25)32-26(35)16-36-24-10-8-20(30)14-22(24)27(28(36)37)33-40-17-18-4-6-19(7-5-18)29(38)39-3/h4-11,14-15H,12-13,16-17H2,1-3H3/b33-27-. The molecule has 11 heteroatoms. The fraction of sp³-hybridized carbons (Fsp3) is 0.241. The Hall–Kier alpha value is -4.64. The van der Waals surface area contributed by atoms with Crippen LogP contribution in [0.3, 0.4) is 0 Å². The number of ether oxygens (including phenoxy) is 1. The Bertz CT molecular complexity index is 1610. The molecule has 9 nitrogen and oxygen atoms in total. The summed E-state index contributed by atoms with van der Waals surface area (Å²) in [6.45, 7) is 1.36. The summed E-state index contributed by atoms with van der Waals surface area (Å²) in [6.07, 6.45) is 0. The number of esters is 1. The van der Waals surface area contributed by atoms with Crippen molar-refractivity contribution in [1.29, 1.82) is 0 Å². The third-order valence-corrected chi connectivity index (χ3v) is 6.57. The van der Waals surface area contributed by atoms with Gasteiger partial charge in [0.15, 0.2) is 5.71 Å². The molecule has 0 aliphatic carbocycles. The molecule has 40 heavy (non-hydrogen) atoms. The van der Waals surface area contributed by atoms with Crippen molar-refractivity contribution in [2.45, 2.75) is 19.7 Å². The number of nitrogens with zero attached hydrogens (tertiary/aromatic N) is 5. The van der Waals surface area contributed by atoms with Gasteiger partial charge in [-0.1, -0.05) is 17.3 Å². The molecule has 0 unspecified atom stereocenters. The number of carbonyl (C=O) groups excluding carboxylic acids is 2. The topological polar surface area (TPSA) is 89.3 Å². The Morgan fingerprint density at radius 1 is 1.02 bits per heavy atom. The number of benzene rings is 3. The first-order valence-corrected chi connectivity index (χ1v) is 12.5. The summed E-state index contributed by atoms with van der Waals surface area (Å²) in [7, 11) is 5.20. The third kappa shape index (κ3) is 5.41. The summed E-state index contributed by atoms with van der Waals surface area (Å²) < 4.78 is 34.8. The first kappa shape index (κ1) is 26.9. The molecule has 0 saturated heterocycles. The largest absolute Gasteiger partial charge is 0.465 e. The van der Waals surface area contributed by atoms with Gasteiger partial charge >= 0.3 is 5.97 Å². The predicted molar refractivity (Wildman–Crippen MR) is 145 cm³/mol. The first-order chi connectivity index (χ1) is 19.2. The number of methoxy groups -OCH3 is 1. The second kappa shape index (κ2) is 11.2. The maximum atomic E-state index is 14.2. The molecule has 0 N–H and O–H groups in total. The van der Waals surface area contributed by atoms with E-state index in [-0.39, 0.29) is 18.9 Å². The van der Waals surface area contributed by atoms with Crippen molar-refractivity contribution in [1.82, 2.24) is 14.5 Å². The minimum Gasteiger partial charge on any atom is -0.465 e. The van der Waals surface area contributed by atoms with E-state index in [9.17, 15) is 18.4 Å². The SMILES string of the molecule is COC(=O)c1ccc(CO/N=C2\C(=O)N(Cc3nc4cc(F)ccc4n3CCN(C)C)c3ccc(F)cc32)cc1. The molecule has 1 amide bonds. The van der Waals surface area contributed by atoms with Crippen LogP contribution in [0.4, 0.5) is 14.5 Å². The zero-order valence-electron chi connectivity index (χ0n) is 22.2. The van der Waals surface area contributed by atoms with E-state index >= 15 is 0 Å². The summed E-state index contributed by atoms with van der Waals surface area (Å²) in [5.41, 5.74) is 3.06. The Balaban J connectivity index is 1.42. The highest BCUT2D eigenvalue weighted by Crippen LogP contribution is 2.32. The molecular formula is C29H27F2N5O4. The molecule has 4 aromatic rings. The number of imidazole rings is 1. The van der Waals surface area contributed by atoms with E-state index in [2.05, 4.69) is 10.1 Å². The lowest BCUT2D eigenvalue weighted by Gasteiger charge is -2.19. The van der Waals surface area contributed by atoms with Crippen molar-refractivity contribution in [2.24, 2.45) is 5.16 Å². The van der Waals surface area contributed by atoms with E-state index in [1.165, 1.54) is 42.3 Å². The number of rotatable bonds is 9. The van der Waals surface area contributed by atoms with E-state index in [1.54, 1.807) is 30.3 Å². The van der Waals surface area contributed by atoms with Crippen molar-refractivity contribution >= 4 is 34.3 Å². The number of hydrogen-bond acceptors (Lipinski definition) is 7. The van der Waals surface area contributed by atoms with Gasteiger partial charge in [-0.15, -0.1) is 0 Å². The minimum atomic E-state index is -0.520. The Labute approximate surface area is 229 Å². The molecule has 3 aromatic carbocycles. The van der Waals surface area contributed by atoms with Crippen molar-refractivity contribution in [3.8, 4) is 0 Å². The molecule has 2 heterocycles. The highest BCUT2D eigenvalue weighted by Gasteiger charge is 2.36. The van der Waals surface area contributed by atoms with E-state index in [1.807, 2.05) is 23.6 Å². The van der Waals surface area contributed by atoms with Crippen LogP contribution in [0.5, 0.6) is 0 Å². The minimum absolute atomic E-state index is 0.0226. The Morgan fingerprint density at radius 3 is 2.48 bits per heavy atom. The van der Waals surface area contributed by atoms with Crippen LogP contribution in [0.2, 0.25) is 0 Å². The van der Waals surface area contributed by atoms with Crippen LogP contribution in [-0.4, -0.2) is 59.8 Å². The lowest BCUT2D eigenvalue weighted by molar-refractivity contribution is -0.112. The van der Waals surface area contributed by atoms with Crippen molar-refractivity contribution in [3.05, 3.63) is 94.8 Å². The molecule has 0 atom stereocenters. The summed E-state index contributed by atoms with van der Waals surface area (Å²) in [4.78, 5) is 38.8. The zero-order chi connectivity index (χ0) is 28.4. The Kier molecular flexibility index (Phi) is 7.56. The summed E-state index contributed by atoms with van der Waals surface area (Å²) >= 11 is 0. The number of anilines is 1. The zero-order valence-corrected chi connectivity index (χ0v) is 22.2. The highest BCUT2D eigenvalue weighted by atomic mass is 19.1. The van der Waals surface area contributed by atoms with E-state index in [0.29, 0.717) is 46.8 Å². The summed E-state index contributed by atoms with van der Waals surface area (Å²) in [5, 5.41) is 4.07. The fourth-order valence-corrected chi connectivity index (χ4v) is 4.52. The third-order valence-electron chi connectivity index (χ3n) is 6.57. The van der Waals surface area contributed by atoms with E-state index in [0.717, 1.165) is 5.52 Å². The van der Waals surface area contributed by atoms with Crippen LogP contribution in [0.1, 0.15) is 27.3 Å². The van der Waals surface area contributed by atoms with Crippen molar-refractivity contribution in [3.63, 3.8) is 0 Å². The van der Waals surface area contributed by atoms with Crippen molar-refractivity contribution < 1.29 is 27.9 Å². The van der Waals surface area contributed by atoms with Gasteiger partial charge in [0, 0.05) is 24.7 Å². The lowest BCUT2D eigenvalue weighted by Crippen LogP contribution is -2.31. The van der Waals surface area contributed by atoms with Gasteiger partial charge in [0.05, 0.1) is 35.9 Å². The normalized spacial score (nSPS) is 13.9. The number of fused-ring (bicyclic) bond motifs is 2. The Morgan fingerprint density at radius 2 is 1.75 bits per heavy atom. The van der Waals surface area contributed by atoms with Crippen LogP contribution >= 0.6 is 0 Å². The summed E-state index contributed by atoms with van der Waals surface area (Å²) in [5.74, 6) is -1.30. The number of likely N-dealkylation sites (N-methyl/N-ethyl adjacent to an activating group) is 1. The van der Waals surface area contributed by atoms with Crippen molar-refractivity contribution in [2.75, 3.05) is 32.6 Å². The second-order valence-electron chi connectivity index (χ2n) is 9.57. The molecule has 206 valence electrons. The molecule has 0 saturated carbocycles. The monoisotopic (exact) mass is 547 g/mol. The average Bonchev–Trinajstić information content (AvgIpc) is 3.40. The lowest BCUT2D eigenvalue weighted by atomic mass is 10.1. The number of oxime groups is 1. The number of amides is 1. The molecule has 0 fully saturated rings. The van der Waals surface area contributed by atoms with E-state index in [4.69, 9.17) is 9.57 Å². The van der Waals surface area contributed by atoms with Gasteiger partial charge in [-0.25, -0.2) is 18.6 Å². The molecule has 0 spiro atoms. The number of halogens is 2. The molecular weight excluding hydrogens is 520 g/mol. The predicted octanol–water partition coefficient (Wildman–Crippen LogP) is 4.13. The molecule has 0 bridgehead atoms. The van der Waals surface area contributed by atoms with E-state index < -0.39 is 23.5 Å². The van der Waals surface area contributed by atoms with Gasteiger partial charge in [-0.05, 0) is 62.1 Å². The number of aromatic nitrogens is 2. The van der Waals surface area contributed by atoms with Gasteiger partial charge in [-0.3, -0.25) is 9.69 Å².